The predicted molar refractivity (Wildman–Crippen MR) is 170 cm³/mol. The van der Waals surface area contributed by atoms with Crippen LogP contribution in [0.1, 0.15) is 51.5 Å². The van der Waals surface area contributed by atoms with Crippen molar-refractivity contribution < 1.29 is 22.7 Å². The summed E-state index contributed by atoms with van der Waals surface area (Å²) in [4.78, 5) is 28.9. The van der Waals surface area contributed by atoms with Gasteiger partial charge in [-0.1, -0.05) is 54.6 Å². The third kappa shape index (κ3) is 8.65. The first kappa shape index (κ1) is 32.6. The van der Waals surface area contributed by atoms with Gasteiger partial charge in [-0.3, -0.25) is 13.9 Å². The van der Waals surface area contributed by atoms with Gasteiger partial charge in [-0.15, -0.1) is 0 Å². The standard InChI is InChI=1S/C32H37Cl2N3O5S/c1-3-42-29-17-15-28(16-18-29)37(43(40,41)30-19-13-26(34)14-20-30)22-31(38)36(21-24-9-11-25(33)12-10-24)23(2)32(39)35-27-7-5-4-6-8-27/h9-20,23,27H,3-8,21-22H2,1-2H3,(H,35,39)/t23-/m1/s1. The molecule has 8 nitrogen and oxygen atoms in total. The zero-order chi connectivity index (χ0) is 31.0. The van der Waals surface area contributed by atoms with Gasteiger partial charge in [0.2, 0.25) is 11.8 Å². The lowest BCUT2D eigenvalue weighted by molar-refractivity contribution is -0.139. The number of ether oxygens (including phenoxy) is 1. The third-order valence-electron chi connectivity index (χ3n) is 7.50. The van der Waals surface area contributed by atoms with Crippen molar-refractivity contribution in [1.82, 2.24) is 10.2 Å². The normalized spacial score (nSPS) is 14.5. The molecule has 1 atom stereocenters. The Morgan fingerprint density at radius 2 is 1.49 bits per heavy atom. The zero-order valence-electron chi connectivity index (χ0n) is 24.3. The lowest BCUT2D eigenvalue weighted by atomic mass is 9.95. The largest absolute Gasteiger partial charge is 0.494 e. The van der Waals surface area contributed by atoms with Gasteiger partial charge in [-0.2, -0.15) is 0 Å². The van der Waals surface area contributed by atoms with Gasteiger partial charge >= 0.3 is 0 Å². The van der Waals surface area contributed by atoms with Crippen LogP contribution in [0.3, 0.4) is 0 Å². The molecule has 3 aromatic rings. The number of rotatable bonds is 12. The number of benzene rings is 3. The van der Waals surface area contributed by atoms with Gasteiger partial charge < -0.3 is 15.0 Å². The Morgan fingerprint density at radius 1 is 0.907 bits per heavy atom. The van der Waals surface area contributed by atoms with E-state index >= 15 is 0 Å². The average molecular weight is 647 g/mol. The number of carbonyl (C=O) groups excluding carboxylic acids is 2. The van der Waals surface area contributed by atoms with Crippen LogP contribution in [0.4, 0.5) is 5.69 Å². The van der Waals surface area contributed by atoms with E-state index in [1.807, 2.05) is 6.92 Å². The molecular weight excluding hydrogens is 609 g/mol. The molecule has 0 spiro atoms. The Hall–Kier alpha value is -3.27. The Balaban J connectivity index is 1.67. The minimum Gasteiger partial charge on any atom is -0.494 e. The second-order valence-electron chi connectivity index (χ2n) is 10.6. The van der Waals surface area contributed by atoms with Crippen molar-refractivity contribution in [2.45, 2.75) is 69.5 Å². The third-order valence-corrected chi connectivity index (χ3v) is 9.79. The maximum Gasteiger partial charge on any atom is 0.264 e. The van der Waals surface area contributed by atoms with Crippen LogP contribution in [0.5, 0.6) is 5.75 Å². The number of nitrogens with one attached hydrogen (secondary N) is 1. The van der Waals surface area contributed by atoms with Crippen LogP contribution in [-0.4, -0.2) is 50.4 Å². The van der Waals surface area contributed by atoms with Crippen LogP contribution in [0.2, 0.25) is 10.0 Å². The minimum atomic E-state index is -4.20. The molecule has 11 heteroatoms. The van der Waals surface area contributed by atoms with E-state index in [4.69, 9.17) is 27.9 Å². The predicted octanol–water partition coefficient (Wildman–Crippen LogP) is 6.45. The average Bonchev–Trinajstić information content (AvgIpc) is 3.00. The van der Waals surface area contributed by atoms with E-state index in [1.54, 1.807) is 55.5 Å². The van der Waals surface area contributed by atoms with Crippen LogP contribution in [0, 0.1) is 0 Å². The van der Waals surface area contributed by atoms with E-state index in [9.17, 15) is 18.0 Å². The summed E-state index contributed by atoms with van der Waals surface area (Å²) in [5, 5.41) is 4.03. The van der Waals surface area contributed by atoms with Crippen LogP contribution >= 0.6 is 23.2 Å². The lowest BCUT2D eigenvalue weighted by Crippen LogP contribution is -2.53. The molecule has 0 unspecified atom stereocenters. The SMILES string of the molecule is CCOc1ccc(N(CC(=O)N(Cc2ccc(Cl)cc2)[C@H](C)C(=O)NC2CCCCC2)S(=O)(=O)c2ccc(Cl)cc2)cc1. The van der Waals surface area contributed by atoms with Crippen molar-refractivity contribution in [1.29, 1.82) is 0 Å². The van der Waals surface area contributed by atoms with Crippen LogP contribution in [-0.2, 0) is 26.2 Å². The highest BCUT2D eigenvalue weighted by Gasteiger charge is 2.33. The molecule has 1 N–H and O–H groups in total. The summed E-state index contributed by atoms with van der Waals surface area (Å²) in [7, 11) is -4.20. The molecule has 0 heterocycles. The molecular formula is C32H37Cl2N3O5S. The Morgan fingerprint density at radius 3 is 2.07 bits per heavy atom. The number of hydrogen-bond donors (Lipinski definition) is 1. The second kappa shape index (κ2) is 14.9. The maximum atomic E-state index is 14.1. The van der Waals surface area contributed by atoms with E-state index in [0.29, 0.717) is 22.4 Å². The lowest BCUT2D eigenvalue weighted by Gasteiger charge is -2.33. The fourth-order valence-corrected chi connectivity index (χ4v) is 6.74. The van der Waals surface area contributed by atoms with Gasteiger partial charge in [0.05, 0.1) is 17.2 Å². The molecule has 1 fully saturated rings. The second-order valence-corrected chi connectivity index (χ2v) is 13.3. The molecule has 2 amide bonds. The number of halogens is 2. The summed E-state index contributed by atoms with van der Waals surface area (Å²) in [5.74, 6) is -0.242. The van der Waals surface area contributed by atoms with Gasteiger partial charge in [0.1, 0.15) is 18.3 Å². The Kier molecular flexibility index (Phi) is 11.3. The molecule has 0 saturated heterocycles. The minimum absolute atomic E-state index is 0.0223. The van der Waals surface area contributed by atoms with E-state index in [1.165, 1.54) is 29.2 Å². The fraction of sp³-hybridized carbons (Fsp3) is 0.375. The number of carbonyl (C=O) groups is 2. The summed E-state index contributed by atoms with van der Waals surface area (Å²) in [6.45, 7) is 3.53. The van der Waals surface area contributed by atoms with Crippen molar-refractivity contribution >= 4 is 50.7 Å². The number of anilines is 1. The molecule has 1 saturated carbocycles. The highest BCUT2D eigenvalue weighted by atomic mass is 35.5. The maximum absolute atomic E-state index is 14.1. The topological polar surface area (TPSA) is 96.0 Å². The molecule has 230 valence electrons. The first-order valence-corrected chi connectivity index (χ1v) is 16.6. The summed E-state index contributed by atoms with van der Waals surface area (Å²) >= 11 is 12.1. The zero-order valence-corrected chi connectivity index (χ0v) is 26.7. The molecule has 0 bridgehead atoms. The van der Waals surface area contributed by atoms with E-state index in [2.05, 4.69) is 5.32 Å². The highest BCUT2D eigenvalue weighted by molar-refractivity contribution is 7.92. The van der Waals surface area contributed by atoms with Crippen molar-refractivity contribution in [3.8, 4) is 5.75 Å². The Labute approximate surface area is 264 Å². The molecule has 4 rings (SSSR count). The molecule has 43 heavy (non-hydrogen) atoms. The first-order valence-electron chi connectivity index (χ1n) is 14.4. The highest BCUT2D eigenvalue weighted by Crippen LogP contribution is 2.28. The van der Waals surface area contributed by atoms with Crippen molar-refractivity contribution in [2.75, 3.05) is 17.5 Å². The molecule has 0 aromatic heterocycles. The van der Waals surface area contributed by atoms with Gasteiger partial charge in [-0.25, -0.2) is 8.42 Å². The van der Waals surface area contributed by atoms with Gasteiger partial charge in [0.25, 0.3) is 10.0 Å². The Bertz CT molecular complexity index is 1480. The van der Waals surface area contributed by atoms with Crippen molar-refractivity contribution in [3.05, 3.63) is 88.4 Å². The molecule has 1 aliphatic carbocycles. The van der Waals surface area contributed by atoms with Gasteiger partial charge in [0, 0.05) is 22.6 Å². The number of hydrogen-bond acceptors (Lipinski definition) is 5. The number of sulfonamides is 1. The van der Waals surface area contributed by atoms with Crippen LogP contribution in [0.15, 0.2) is 77.7 Å². The first-order chi connectivity index (χ1) is 20.6. The van der Waals surface area contributed by atoms with E-state index in [0.717, 1.165) is 42.0 Å². The van der Waals surface area contributed by atoms with Gasteiger partial charge in [0.15, 0.2) is 0 Å². The molecule has 1 aliphatic rings. The monoisotopic (exact) mass is 645 g/mol. The fourth-order valence-electron chi connectivity index (χ4n) is 5.08. The smallest absolute Gasteiger partial charge is 0.264 e. The summed E-state index contributed by atoms with van der Waals surface area (Å²) in [6.07, 6.45) is 5.04. The number of nitrogens with zero attached hydrogens (tertiary/aromatic N) is 2. The van der Waals surface area contributed by atoms with Crippen molar-refractivity contribution in [2.24, 2.45) is 0 Å². The molecule has 3 aromatic carbocycles. The molecule has 0 radical (unpaired) electrons. The van der Waals surface area contributed by atoms with Crippen LogP contribution < -0.4 is 14.4 Å². The molecule has 0 aliphatic heterocycles. The summed E-state index contributed by atoms with van der Waals surface area (Å²) in [5.41, 5.74) is 1.03. The van der Waals surface area contributed by atoms with Crippen LogP contribution in [0.25, 0.3) is 0 Å². The quantitative estimate of drug-likeness (QED) is 0.244. The van der Waals surface area contributed by atoms with Crippen molar-refractivity contribution in [3.63, 3.8) is 0 Å². The van der Waals surface area contributed by atoms with Gasteiger partial charge in [-0.05, 0) is 92.9 Å². The summed E-state index contributed by atoms with van der Waals surface area (Å²) < 4.78 is 34.5. The van der Waals surface area contributed by atoms with E-state index < -0.39 is 28.5 Å². The summed E-state index contributed by atoms with van der Waals surface area (Å²) in [6, 6.07) is 18.4. The number of amides is 2. The van der Waals surface area contributed by atoms with E-state index in [-0.39, 0.29) is 29.1 Å².